The maximum atomic E-state index is 9.04. The van der Waals surface area contributed by atoms with Gasteiger partial charge < -0.3 is 5.11 Å². The van der Waals surface area contributed by atoms with E-state index in [0.717, 1.165) is 5.56 Å². The first-order valence-electron chi connectivity index (χ1n) is 2.96. The molecule has 11 heavy (non-hydrogen) atoms. The van der Waals surface area contributed by atoms with E-state index >= 15 is 0 Å². The summed E-state index contributed by atoms with van der Waals surface area (Å²) in [5.41, 5.74) is 2.13. The van der Waals surface area contributed by atoms with Crippen LogP contribution in [0.2, 0.25) is 0 Å². The number of phenols is 1. The van der Waals surface area contributed by atoms with Crippen molar-refractivity contribution in [2.45, 2.75) is 13.8 Å². The summed E-state index contributed by atoms with van der Waals surface area (Å²) in [6, 6.07) is 5.56. The monoisotopic (exact) mass is 248 g/mol. The average Bonchev–Trinajstić information content (AvgIpc) is 1.80. The first kappa shape index (κ1) is 13.8. The fourth-order valence-corrected chi connectivity index (χ4v) is 0.805. The summed E-state index contributed by atoms with van der Waals surface area (Å²) in [7, 11) is 0. The minimum absolute atomic E-state index is 0. The summed E-state index contributed by atoms with van der Waals surface area (Å²) in [6.45, 7) is 3.90. The Hall–Kier alpha value is 0.193. The Morgan fingerprint density at radius 3 is 2.09 bits per heavy atom. The Morgan fingerprint density at radius 2 is 1.73 bits per heavy atom. The van der Waals surface area contributed by atoms with Gasteiger partial charge in [0.05, 0.1) is 0 Å². The minimum atomic E-state index is 0. The molecular weight excluding hydrogens is 239 g/mol. The van der Waals surface area contributed by atoms with Gasteiger partial charge in [-0.1, -0.05) is 17.7 Å². The maximum Gasteiger partial charge on any atom is 0.118 e. The van der Waals surface area contributed by atoms with E-state index in [4.69, 9.17) is 5.11 Å². The molecule has 0 aromatic heterocycles. The van der Waals surface area contributed by atoms with Gasteiger partial charge in [-0.2, -0.15) is 0 Å². The van der Waals surface area contributed by atoms with E-state index < -0.39 is 0 Å². The van der Waals surface area contributed by atoms with Crippen molar-refractivity contribution in [1.82, 2.24) is 0 Å². The van der Waals surface area contributed by atoms with Crippen molar-refractivity contribution in [3.05, 3.63) is 29.3 Å². The summed E-state index contributed by atoms with van der Waals surface area (Å²) in [6.07, 6.45) is 0. The maximum absolute atomic E-state index is 9.04. The van der Waals surface area contributed by atoms with Gasteiger partial charge >= 0.3 is 0 Å². The van der Waals surface area contributed by atoms with Crippen molar-refractivity contribution < 1.29 is 31.3 Å². The summed E-state index contributed by atoms with van der Waals surface area (Å²) in [5, 5.41) is 9.04. The molecule has 0 saturated heterocycles. The third-order valence-electron chi connectivity index (χ3n) is 1.35. The summed E-state index contributed by atoms with van der Waals surface area (Å²) in [5.74, 6) is 0.376. The summed E-state index contributed by atoms with van der Waals surface area (Å²) < 4.78 is 0. The van der Waals surface area contributed by atoms with Gasteiger partial charge in [0.25, 0.3) is 0 Å². The first-order valence-corrected chi connectivity index (χ1v) is 2.96. The molecule has 0 fully saturated rings. The van der Waals surface area contributed by atoms with Gasteiger partial charge in [-0.15, -0.1) is 12.4 Å². The molecule has 0 saturated carbocycles. The summed E-state index contributed by atoms with van der Waals surface area (Å²) in [4.78, 5) is 0. The largest absolute Gasteiger partial charge is 0.508 e. The van der Waals surface area contributed by atoms with Gasteiger partial charge in [0, 0.05) is 26.2 Å². The molecule has 1 N–H and O–H groups in total. The van der Waals surface area contributed by atoms with Gasteiger partial charge in [0.15, 0.2) is 0 Å². The normalized spacial score (nSPS) is 7.82. The van der Waals surface area contributed by atoms with Crippen LogP contribution in [0.5, 0.6) is 5.75 Å². The number of aryl methyl sites for hydroxylation is 2. The predicted molar refractivity (Wildman–Crippen MR) is 44.8 cm³/mol. The number of hydrogen-bond donors (Lipinski definition) is 1. The number of aromatic hydroxyl groups is 1. The Kier molecular flexibility index (Phi) is 7.25. The number of benzene rings is 1. The molecule has 60 valence electrons. The van der Waals surface area contributed by atoms with Crippen LogP contribution in [0.1, 0.15) is 11.1 Å². The second-order valence-corrected chi connectivity index (χ2v) is 2.29. The topological polar surface area (TPSA) is 20.2 Å². The Balaban J connectivity index is 0. The van der Waals surface area contributed by atoms with Gasteiger partial charge in [-0.05, 0) is 25.5 Å². The molecule has 0 aliphatic heterocycles. The van der Waals surface area contributed by atoms with Gasteiger partial charge in [-0.25, -0.2) is 0 Å². The van der Waals surface area contributed by atoms with E-state index in [9.17, 15) is 0 Å². The molecule has 1 nitrogen and oxygen atoms in total. The molecule has 1 aromatic carbocycles. The van der Waals surface area contributed by atoms with Crippen LogP contribution in [0.3, 0.4) is 0 Å². The van der Waals surface area contributed by atoms with Crippen LogP contribution >= 0.6 is 12.4 Å². The fraction of sp³-hybridized carbons (Fsp3) is 0.250. The van der Waals surface area contributed by atoms with E-state index in [0.29, 0.717) is 5.75 Å². The second-order valence-electron chi connectivity index (χ2n) is 2.29. The molecule has 0 aliphatic carbocycles. The van der Waals surface area contributed by atoms with Crippen LogP contribution in [-0.4, -0.2) is 5.11 Å². The smallest absolute Gasteiger partial charge is 0.118 e. The molecule has 0 radical (unpaired) electrons. The van der Waals surface area contributed by atoms with E-state index in [2.05, 4.69) is 0 Å². The standard InChI is InChI=1S/C8H10O.ClH.Zr/c1-6-3-4-8(9)7(2)5-6;;/h3-5,9H,1-2H3;1H;. The van der Waals surface area contributed by atoms with Crippen LogP contribution in [0.25, 0.3) is 0 Å². The number of phenolic OH excluding ortho intramolecular Hbond substituents is 1. The Labute approximate surface area is 92.4 Å². The van der Waals surface area contributed by atoms with Crippen molar-refractivity contribution in [2.24, 2.45) is 0 Å². The van der Waals surface area contributed by atoms with Crippen molar-refractivity contribution in [1.29, 1.82) is 0 Å². The van der Waals surface area contributed by atoms with Crippen molar-refractivity contribution in [3.63, 3.8) is 0 Å². The molecule has 0 bridgehead atoms. The number of halogens is 1. The predicted octanol–water partition coefficient (Wildman–Crippen LogP) is 2.43. The zero-order valence-electron chi connectivity index (χ0n) is 6.59. The molecule has 0 amide bonds. The molecule has 0 heterocycles. The molecule has 0 spiro atoms. The SMILES string of the molecule is Cc1ccc(O)c(C)c1.Cl.[Zr]. The van der Waals surface area contributed by atoms with E-state index in [1.54, 1.807) is 6.07 Å². The fourth-order valence-electron chi connectivity index (χ4n) is 0.805. The zero-order valence-corrected chi connectivity index (χ0v) is 9.86. The quantitative estimate of drug-likeness (QED) is 0.749. The molecule has 1 rings (SSSR count). The van der Waals surface area contributed by atoms with Crippen molar-refractivity contribution >= 4 is 12.4 Å². The zero-order chi connectivity index (χ0) is 6.85. The first-order chi connectivity index (χ1) is 4.20. The minimum Gasteiger partial charge on any atom is -0.508 e. The van der Waals surface area contributed by atoms with Crippen molar-refractivity contribution in [3.8, 4) is 5.75 Å². The van der Waals surface area contributed by atoms with Crippen LogP contribution < -0.4 is 0 Å². The Bertz CT molecular complexity index is 225. The van der Waals surface area contributed by atoms with Crippen LogP contribution in [0, 0.1) is 13.8 Å². The van der Waals surface area contributed by atoms with Gasteiger partial charge in [0.2, 0.25) is 0 Å². The number of hydrogen-bond acceptors (Lipinski definition) is 1. The molecular formula is C8H11ClOZr. The average molecular weight is 250 g/mol. The molecule has 0 atom stereocenters. The van der Waals surface area contributed by atoms with Crippen LogP contribution in [0.15, 0.2) is 18.2 Å². The van der Waals surface area contributed by atoms with E-state index in [1.165, 1.54) is 5.56 Å². The third kappa shape index (κ3) is 3.93. The van der Waals surface area contributed by atoms with Gasteiger partial charge in [-0.3, -0.25) is 0 Å². The molecule has 1 aromatic rings. The summed E-state index contributed by atoms with van der Waals surface area (Å²) >= 11 is 0. The van der Waals surface area contributed by atoms with Crippen molar-refractivity contribution in [2.75, 3.05) is 0 Å². The van der Waals surface area contributed by atoms with Gasteiger partial charge in [0.1, 0.15) is 5.75 Å². The second kappa shape index (κ2) is 5.79. The Morgan fingerprint density at radius 1 is 1.18 bits per heavy atom. The number of rotatable bonds is 0. The van der Waals surface area contributed by atoms with E-state index in [-0.39, 0.29) is 38.6 Å². The molecule has 0 aliphatic rings. The van der Waals surface area contributed by atoms with E-state index in [1.807, 2.05) is 26.0 Å². The van der Waals surface area contributed by atoms with Crippen LogP contribution in [0.4, 0.5) is 0 Å². The molecule has 0 unspecified atom stereocenters. The molecule has 3 heteroatoms. The third-order valence-corrected chi connectivity index (χ3v) is 1.35. The van der Waals surface area contributed by atoms with Crippen LogP contribution in [-0.2, 0) is 26.2 Å².